The van der Waals surface area contributed by atoms with E-state index >= 15 is 0 Å². The molecule has 0 atom stereocenters. The maximum Gasteiger partial charge on any atom is 0.341 e. The molecule has 0 aliphatic carbocycles. The lowest BCUT2D eigenvalue weighted by Crippen LogP contribution is -2.05. The predicted octanol–water partition coefficient (Wildman–Crippen LogP) is 1.43. The van der Waals surface area contributed by atoms with E-state index in [9.17, 15) is 4.79 Å². The summed E-state index contributed by atoms with van der Waals surface area (Å²) in [6.45, 7) is 0.514. The second-order valence-corrected chi connectivity index (χ2v) is 4.12. The number of aromatic carboxylic acids is 1. The fourth-order valence-electron chi connectivity index (χ4n) is 1.80. The van der Waals surface area contributed by atoms with Crippen LogP contribution in [0.5, 0.6) is 0 Å². The zero-order valence-electron chi connectivity index (χ0n) is 10.4. The Hall–Kier alpha value is -2.96. The van der Waals surface area contributed by atoms with Crippen LogP contribution in [-0.2, 0) is 6.54 Å². The fourth-order valence-corrected chi connectivity index (χ4v) is 1.80. The van der Waals surface area contributed by atoms with Gasteiger partial charge >= 0.3 is 5.97 Å². The molecule has 3 aromatic rings. The summed E-state index contributed by atoms with van der Waals surface area (Å²) in [7, 11) is 0. The Morgan fingerprint density at radius 2 is 2.25 bits per heavy atom. The maximum absolute atomic E-state index is 11.0. The first-order valence-electron chi connectivity index (χ1n) is 5.95. The quantitative estimate of drug-likeness (QED) is 0.744. The lowest BCUT2D eigenvalue weighted by molar-refractivity contribution is 0.0699. The van der Waals surface area contributed by atoms with Crippen molar-refractivity contribution in [2.45, 2.75) is 6.54 Å². The second kappa shape index (κ2) is 4.96. The minimum atomic E-state index is -1.05. The Balaban J connectivity index is 1.85. The van der Waals surface area contributed by atoms with Gasteiger partial charge in [0.1, 0.15) is 11.4 Å². The summed E-state index contributed by atoms with van der Waals surface area (Å²) in [6, 6.07) is 7.38. The third kappa shape index (κ3) is 2.28. The molecule has 3 aromatic heterocycles. The molecule has 0 fully saturated rings. The van der Waals surface area contributed by atoms with Crippen LogP contribution >= 0.6 is 0 Å². The largest absolute Gasteiger partial charge is 0.477 e. The SMILES string of the molecule is O=C(O)c1cnn2ccc(NCc3ccccn3)nc12. The van der Waals surface area contributed by atoms with Crippen LogP contribution in [0, 0.1) is 0 Å². The van der Waals surface area contributed by atoms with Gasteiger partial charge in [0, 0.05) is 12.4 Å². The molecule has 0 radical (unpaired) electrons. The van der Waals surface area contributed by atoms with E-state index in [0.29, 0.717) is 18.0 Å². The van der Waals surface area contributed by atoms with Gasteiger partial charge in [-0.05, 0) is 18.2 Å². The monoisotopic (exact) mass is 269 g/mol. The summed E-state index contributed by atoms with van der Waals surface area (Å²) in [6.07, 6.45) is 4.66. The van der Waals surface area contributed by atoms with Gasteiger partial charge in [-0.2, -0.15) is 5.10 Å². The van der Waals surface area contributed by atoms with Gasteiger partial charge in [-0.15, -0.1) is 0 Å². The first kappa shape index (κ1) is 12.1. The normalized spacial score (nSPS) is 10.6. The van der Waals surface area contributed by atoms with Crippen molar-refractivity contribution >= 4 is 17.4 Å². The van der Waals surface area contributed by atoms with Gasteiger partial charge in [0.05, 0.1) is 18.4 Å². The molecule has 0 aliphatic heterocycles. The molecular weight excluding hydrogens is 258 g/mol. The van der Waals surface area contributed by atoms with Crippen molar-refractivity contribution in [1.82, 2.24) is 19.6 Å². The minimum Gasteiger partial charge on any atom is -0.477 e. The number of nitrogens with zero attached hydrogens (tertiary/aromatic N) is 4. The Kier molecular flexibility index (Phi) is 3.00. The molecule has 0 amide bonds. The van der Waals surface area contributed by atoms with Crippen LogP contribution in [0.15, 0.2) is 42.9 Å². The molecule has 0 saturated heterocycles. The van der Waals surface area contributed by atoms with Crippen molar-refractivity contribution < 1.29 is 9.90 Å². The third-order valence-corrected chi connectivity index (χ3v) is 2.78. The highest BCUT2D eigenvalue weighted by molar-refractivity contribution is 5.94. The number of hydrogen-bond acceptors (Lipinski definition) is 5. The Morgan fingerprint density at radius 1 is 1.35 bits per heavy atom. The first-order valence-corrected chi connectivity index (χ1v) is 5.95. The highest BCUT2D eigenvalue weighted by Crippen LogP contribution is 2.12. The lowest BCUT2D eigenvalue weighted by atomic mass is 10.3. The molecule has 7 heteroatoms. The standard InChI is InChI=1S/C13H11N5O2/c19-13(20)10-8-16-18-6-4-11(17-12(10)18)15-7-9-3-1-2-5-14-9/h1-6,8H,7H2,(H,15,17)(H,19,20). The lowest BCUT2D eigenvalue weighted by Gasteiger charge is -2.05. The molecule has 7 nitrogen and oxygen atoms in total. The zero-order chi connectivity index (χ0) is 13.9. The summed E-state index contributed by atoms with van der Waals surface area (Å²) < 4.78 is 1.43. The number of nitrogens with one attached hydrogen (secondary N) is 1. The predicted molar refractivity (Wildman–Crippen MR) is 71.5 cm³/mol. The fraction of sp³-hybridized carbons (Fsp3) is 0.0769. The van der Waals surface area contributed by atoms with Gasteiger partial charge < -0.3 is 10.4 Å². The molecule has 100 valence electrons. The Labute approximate surface area is 113 Å². The number of rotatable bonds is 4. The van der Waals surface area contributed by atoms with E-state index in [0.717, 1.165) is 5.69 Å². The number of anilines is 1. The molecule has 0 saturated carbocycles. The molecule has 3 heterocycles. The van der Waals surface area contributed by atoms with Gasteiger partial charge in [0.2, 0.25) is 0 Å². The van der Waals surface area contributed by atoms with Crippen molar-refractivity contribution in [1.29, 1.82) is 0 Å². The number of hydrogen-bond donors (Lipinski definition) is 2. The third-order valence-electron chi connectivity index (χ3n) is 2.78. The summed E-state index contributed by atoms with van der Waals surface area (Å²) >= 11 is 0. The Morgan fingerprint density at radius 3 is 3.00 bits per heavy atom. The van der Waals surface area contributed by atoms with Crippen molar-refractivity contribution in [3.63, 3.8) is 0 Å². The van der Waals surface area contributed by atoms with Crippen LogP contribution in [0.3, 0.4) is 0 Å². The smallest absolute Gasteiger partial charge is 0.341 e. The van der Waals surface area contributed by atoms with Gasteiger partial charge in [-0.25, -0.2) is 14.3 Å². The summed E-state index contributed by atoms with van der Waals surface area (Å²) in [5.41, 5.74) is 1.26. The molecule has 2 N–H and O–H groups in total. The number of aromatic nitrogens is 4. The van der Waals surface area contributed by atoms with Crippen molar-refractivity contribution in [3.05, 3.63) is 54.1 Å². The van der Waals surface area contributed by atoms with Crippen molar-refractivity contribution in [3.8, 4) is 0 Å². The van der Waals surface area contributed by atoms with Crippen LogP contribution < -0.4 is 5.32 Å². The van der Waals surface area contributed by atoms with E-state index < -0.39 is 5.97 Å². The first-order chi connectivity index (χ1) is 9.74. The average molecular weight is 269 g/mol. The number of fused-ring (bicyclic) bond motifs is 1. The number of carboxylic acid groups (broad SMARTS) is 1. The van der Waals surface area contributed by atoms with Gasteiger partial charge in [0.25, 0.3) is 0 Å². The highest BCUT2D eigenvalue weighted by Gasteiger charge is 2.12. The van der Waals surface area contributed by atoms with E-state index in [1.807, 2.05) is 18.2 Å². The van der Waals surface area contributed by atoms with Crippen LogP contribution in [-0.4, -0.2) is 30.7 Å². The van der Waals surface area contributed by atoms with Gasteiger partial charge in [-0.1, -0.05) is 6.07 Å². The number of carbonyl (C=O) groups is 1. The summed E-state index contributed by atoms with van der Waals surface area (Å²) in [5, 5.41) is 16.1. The van der Waals surface area contributed by atoms with E-state index in [4.69, 9.17) is 5.11 Å². The van der Waals surface area contributed by atoms with Crippen LogP contribution in [0.1, 0.15) is 16.1 Å². The molecule has 0 aromatic carbocycles. The molecule has 0 spiro atoms. The van der Waals surface area contributed by atoms with Gasteiger partial charge in [0.15, 0.2) is 5.65 Å². The number of carboxylic acids is 1. The topological polar surface area (TPSA) is 92.4 Å². The van der Waals surface area contributed by atoms with Gasteiger partial charge in [-0.3, -0.25) is 4.98 Å². The second-order valence-electron chi connectivity index (χ2n) is 4.12. The molecule has 0 aliphatic rings. The van der Waals surface area contributed by atoms with Crippen LogP contribution in [0.4, 0.5) is 5.82 Å². The molecule has 3 rings (SSSR count). The Bertz CT molecular complexity index is 754. The van der Waals surface area contributed by atoms with Crippen LogP contribution in [0.2, 0.25) is 0 Å². The van der Waals surface area contributed by atoms with Crippen molar-refractivity contribution in [2.75, 3.05) is 5.32 Å². The molecule has 20 heavy (non-hydrogen) atoms. The molecular formula is C13H11N5O2. The molecule has 0 bridgehead atoms. The average Bonchev–Trinajstić information content (AvgIpc) is 2.89. The molecule has 0 unspecified atom stereocenters. The maximum atomic E-state index is 11.0. The minimum absolute atomic E-state index is 0.0755. The van der Waals surface area contributed by atoms with Crippen molar-refractivity contribution in [2.24, 2.45) is 0 Å². The van der Waals surface area contributed by atoms with E-state index in [1.54, 1.807) is 18.5 Å². The summed E-state index contributed by atoms with van der Waals surface area (Å²) in [5.74, 6) is -0.472. The van der Waals surface area contributed by atoms with E-state index in [2.05, 4.69) is 20.4 Å². The number of pyridine rings is 1. The van der Waals surface area contributed by atoms with E-state index in [1.165, 1.54) is 10.7 Å². The summed E-state index contributed by atoms with van der Waals surface area (Å²) in [4.78, 5) is 19.5. The highest BCUT2D eigenvalue weighted by atomic mass is 16.4. The zero-order valence-corrected chi connectivity index (χ0v) is 10.4. The van der Waals surface area contributed by atoms with Crippen LogP contribution in [0.25, 0.3) is 5.65 Å². The van der Waals surface area contributed by atoms with E-state index in [-0.39, 0.29) is 5.56 Å².